The van der Waals surface area contributed by atoms with Gasteiger partial charge in [0.25, 0.3) is 11.5 Å². The van der Waals surface area contributed by atoms with Gasteiger partial charge >= 0.3 is 5.69 Å². The number of carbonyl (C=O) groups excluding carboxylic acids is 1. The molecule has 0 atom stereocenters. The Bertz CT molecular complexity index is 703. The van der Waals surface area contributed by atoms with Gasteiger partial charge in [0.15, 0.2) is 0 Å². The van der Waals surface area contributed by atoms with Gasteiger partial charge in [-0.25, -0.2) is 4.79 Å². The zero-order valence-corrected chi connectivity index (χ0v) is 10.8. The number of anilines is 1. The first-order chi connectivity index (χ1) is 8.94. The molecular weight excluding hydrogens is 293 g/mol. The molecule has 1 heterocycles. The topological polar surface area (TPSA) is 94.8 Å². The molecule has 0 bridgehead atoms. The van der Waals surface area contributed by atoms with Crippen LogP contribution in [0.5, 0.6) is 0 Å². The van der Waals surface area contributed by atoms with Gasteiger partial charge in [-0.3, -0.25) is 14.6 Å². The predicted molar refractivity (Wildman–Crippen MR) is 72.1 cm³/mol. The highest BCUT2D eigenvalue weighted by atomic mass is 35.5. The van der Waals surface area contributed by atoms with Crippen molar-refractivity contribution < 1.29 is 4.79 Å². The smallest absolute Gasteiger partial charge is 0.321 e. The van der Waals surface area contributed by atoms with Crippen LogP contribution in [-0.4, -0.2) is 15.9 Å². The van der Waals surface area contributed by atoms with Crippen LogP contribution in [0.25, 0.3) is 0 Å². The number of aromatic nitrogens is 2. The van der Waals surface area contributed by atoms with Crippen LogP contribution in [0, 0.1) is 0 Å². The van der Waals surface area contributed by atoms with Crippen LogP contribution in [0.2, 0.25) is 10.0 Å². The fraction of sp³-hybridized carbons (Fsp3) is 0. The Balaban J connectivity index is 2.30. The molecule has 0 fully saturated rings. The number of halogens is 2. The van der Waals surface area contributed by atoms with Crippen LogP contribution < -0.4 is 16.6 Å². The van der Waals surface area contributed by atoms with Crippen LogP contribution in [0.4, 0.5) is 5.69 Å². The highest BCUT2D eigenvalue weighted by molar-refractivity contribution is 6.35. The molecule has 2 aromatic rings. The van der Waals surface area contributed by atoms with Gasteiger partial charge in [0.05, 0.1) is 0 Å². The molecule has 0 saturated heterocycles. The third-order valence-corrected chi connectivity index (χ3v) is 2.56. The Kier molecular flexibility index (Phi) is 3.73. The van der Waals surface area contributed by atoms with E-state index < -0.39 is 17.2 Å². The minimum atomic E-state index is -0.762. The molecule has 1 aromatic heterocycles. The summed E-state index contributed by atoms with van der Waals surface area (Å²) in [5, 5.41) is 3.16. The van der Waals surface area contributed by atoms with E-state index in [0.29, 0.717) is 15.7 Å². The molecule has 0 saturated carbocycles. The summed E-state index contributed by atoms with van der Waals surface area (Å²) in [5.74, 6) is -0.651. The Morgan fingerprint density at radius 1 is 1.00 bits per heavy atom. The van der Waals surface area contributed by atoms with Crippen molar-refractivity contribution >= 4 is 34.8 Å². The Hall–Kier alpha value is -2.05. The van der Waals surface area contributed by atoms with Gasteiger partial charge in [0.1, 0.15) is 5.69 Å². The van der Waals surface area contributed by atoms with Gasteiger partial charge in [-0.2, -0.15) is 0 Å². The largest absolute Gasteiger partial charge is 0.326 e. The van der Waals surface area contributed by atoms with E-state index in [2.05, 4.69) is 10.3 Å². The van der Waals surface area contributed by atoms with E-state index in [0.717, 1.165) is 6.07 Å². The second kappa shape index (κ2) is 5.29. The number of aromatic amines is 2. The summed E-state index contributed by atoms with van der Waals surface area (Å²) in [6, 6.07) is 5.45. The maximum absolute atomic E-state index is 11.8. The Labute approximate surface area is 116 Å². The average Bonchev–Trinajstić information content (AvgIpc) is 2.25. The summed E-state index contributed by atoms with van der Waals surface area (Å²) in [7, 11) is 0. The second-order valence-corrected chi connectivity index (χ2v) is 4.49. The van der Waals surface area contributed by atoms with E-state index in [9.17, 15) is 14.4 Å². The summed E-state index contributed by atoms with van der Waals surface area (Å²) in [5.41, 5.74) is -1.24. The first-order valence-corrected chi connectivity index (χ1v) is 5.81. The number of carbonyl (C=O) groups is 1. The van der Waals surface area contributed by atoms with Crippen LogP contribution in [-0.2, 0) is 0 Å². The standard InChI is InChI=1S/C11H7Cl2N3O3/c12-5-1-6(13)3-7(2-5)14-10(18)8-4-9(17)16-11(19)15-8/h1-4H,(H,14,18)(H2,15,16,17,19). The van der Waals surface area contributed by atoms with Gasteiger partial charge in [0.2, 0.25) is 0 Å². The molecule has 0 aliphatic rings. The summed E-state index contributed by atoms with van der Waals surface area (Å²) < 4.78 is 0. The molecule has 3 N–H and O–H groups in total. The summed E-state index contributed by atoms with van der Waals surface area (Å²) >= 11 is 11.6. The minimum Gasteiger partial charge on any atom is -0.321 e. The minimum absolute atomic E-state index is 0.162. The molecular formula is C11H7Cl2N3O3. The predicted octanol–water partition coefficient (Wildman–Crippen LogP) is 1.62. The van der Waals surface area contributed by atoms with E-state index in [4.69, 9.17) is 23.2 Å². The van der Waals surface area contributed by atoms with Gasteiger partial charge in [-0.15, -0.1) is 0 Å². The second-order valence-electron chi connectivity index (χ2n) is 3.61. The molecule has 1 amide bonds. The average molecular weight is 300 g/mol. The maximum Gasteiger partial charge on any atom is 0.326 e. The summed E-state index contributed by atoms with van der Waals surface area (Å²) in [4.78, 5) is 38.1. The summed E-state index contributed by atoms with van der Waals surface area (Å²) in [6.07, 6.45) is 0. The number of hydrogen-bond donors (Lipinski definition) is 3. The Morgan fingerprint density at radius 3 is 2.21 bits per heavy atom. The van der Waals surface area contributed by atoms with E-state index in [1.165, 1.54) is 18.2 Å². The molecule has 6 nitrogen and oxygen atoms in total. The molecule has 0 unspecified atom stereocenters. The molecule has 0 aliphatic carbocycles. The lowest BCUT2D eigenvalue weighted by atomic mass is 10.3. The van der Waals surface area contributed by atoms with Crippen LogP contribution in [0.15, 0.2) is 33.9 Å². The van der Waals surface area contributed by atoms with Crippen molar-refractivity contribution in [2.45, 2.75) is 0 Å². The van der Waals surface area contributed by atoms with Gasteiger partial charge in [0, 0.05) is 21.8 Å². The Morgan fingerprint density at radius 2 is 1.63 bits per heavy atom. The van der Waals surface area contributed by atoms with Gasteiger partial charge in [-0.1, -0.05) is 23.2 Å². The van der Waals surface area contributed by atoms with E-state index >= 15 is 0 Å². The van der Waals surface area contributed by atoms with Gasteiger partial charge in [-0.05, 0) is 18.2 Å². The van der Waals surface area contributed by atoms with Crippen LogP contribution >= 0.6 is 23.2 Å². The lowest BCUT2D eigenvalue weighted by Crippen LogP contribution is -2.27. The lowest BCUT2D eigenvalue weighted by molar-refractivity contribution is 0.102. The first kappa shape index (κ1) is 13.4. The quantitative estimate of drug-likeness (QED) is 0.786. The van der Waals surface area contributed by atoms with Gasteiger partial charge < -0.3 is 10.3 Å². The molecule has 1 aromatic carbocycles. The zero-order valence-electron chi connectivity index (χ0n) is 9.29. The molecule has 98 valence electrons. The van der Waals surface area contributed by atoms with Crippen molar-refractivity contribution in [1.82, 2.24) is 9.97 Å². The number of hydrogen-bond acceptors (Lipinski definition) is 3. The van der Waals surface area contributed by atoms with Crippen molar-refractivity contribution in [2.24, 2.45) is 0 Å². The number of amides is 1. The van der Waals surface area contributed by atoms with Crippen molar-refractivity contribution in [3.05, 3.63) is 60.8 Å². The third-order valence-electron chi connectivity index (χ3n) is 2.13. The van der Waals surface area contributed by atoms with Crippen molar-refractivity contribution in [3.8, 4) is 0 Å². The van der Waals surface area contributed by atoms with Crippen molar-refractivity contribution in [1.29, 1.82) is 0 Å². The number of nitrogens with one attached hydrogen (secondary N) is 3. The summed E-state index contributed by atoms with van der Waals surface area (Å²) in [6.45, 7) is 0. The number of benzene rings is 1. The molecule has 8 heteroatoms. The van der Waals surface area contributed by atoms with Crippen LogP contribution in [0.1, 0.15) is 10.5 Å². The fourth-order valence-corrected chi connectivity index (χ4v) is 1.94. The number of rotatable bonds is 2. The normalized spacial score (nSPS) is 10.2. The SMILES string of the molecule is O=C(Nc1cc(Cl)cc(Cl)c1)c1cc(=O)[nH]c(=O)[nH]1. The molecule has 19 heavy (non-hydrogen) atoms. The number of H-pyrrole nitrogens is 2. The van der Waals surface area contributed by atoms with Crippen LogP contribution in [0.3, 0.4) is 0 Å². The fourth-order valence-electron chi connectivity index (χ4n) is 1.42. The third kappa shape index (κ3) is 3.46. The zero-order chi connectivity index (χ0) is 14.0. The highest BCUT2D eigenvalue weighted by Gasteiger charge is 2.09. The van der Waals surface area contributed by atoms with E-state index in [1.807, 2.05) is 4.98 Å². The first-order valence-electron chi connectivity index (χ1n) is 5.05. The molecule has 2 rings (SSSR count). The monoisotopic (exact) mass is 299 g/mol. The van der Waals surface area contributed by atoms with Crippen molar-refractivity contribution in [2.75, 3.05) is 5.32 Å². The molecule has 0 spiro atoms. The molecule has 0 aliphatic heterocycles. The molecule has 0 radical (unpaired) electrons. The lowest BCUT2D eigenvalue weighted by Gasteiger charge is -2.05. The maximum atomic E-state index is 11.8. The van der Waals surface area contributed by atoms with E-state index in [1.54, 1.807) is 0 Å². The highest BCUT2D eigenvalue weighted by Crippen LogP contribution is 2.22. The van der Waals surface area contributed by atoms with Crippen molar-refractivity contribution in [3.63, 3.8) is 0 Å². The van der Waals surface area contributed by atoms with E-state index in [-0.39, 0.29) is 5.69 Å².